The molecule has 3 rings (SSSR count). The molecule has 1 aliphatic heterocycles. The first-order valence-corrected chi connectivity index (χ1v) is 8.88. The van der Waals surface area contributed by atoms with Gasteiger partial charge in [0.25, 0.3) is 0 Å². The molecule has 0 aromatic heterocycles. The first kappa shape index (κ1) is 22.6. The summed E-state index contributed by atoms with van der Waals surface area (Å²) in [7, 11) is 0. The van der Waals surface area contributed by atoms with E-state index in [-0.39, 0.29) is 35.7 Å². The Kier molecular flexibility index (Phi) is 7.80. The van der Waals surface area contributed by atoms with Gasteiger partial charge in [0, 0.05) is 0 Å². The van der Waals surface area contributed by atoms with Crippen molar-refractivity contribution in [2.45, 2.75) is 19.2 Å². The van der Waals surface area contributed by atoms with Gasteiger partial charge in [-0.25, -0.2) is 4.39 Å². The van der Waals surface area contributed by atoms with Crippen LogP contribution in [0.1, 0.15) is 12.8 Å². The number of ether oxygens (including phenoxy) is 2. The highest BCUT2D eigenvalue weighted by Crippen LogP contribution is 2.37. The number of hydrogen-bond acceptors (Lipinski definition) is 3. The van der Waals surface area contributed by atoms with Gasteiger partial charge in [0.15, 0.2) is 11.5 Å². The Morgan fingerprint density at radius 3 is 2.29 bits per heavy atom. The lowest BCUT2D eigenvalue weighted by Gasteiger charge is -2.23. The Balaban J connectivity index is 0.00000280. The maximum atomic E-state index is 13.7. The van der Waals surface area contributed by atoms with Gasteiger partial charge >= 0.3 is 6.36 Å². The van der Waals surface area contributed by atoms with Gasteiger partial charge in [0.05, 0.1) is 11.6 Å². The third-order valence-electron chi connectivity index (χ3n) is 4.36. The van der Waals surface area contributed by atoms with Crippen LogP contribution in [0.5, 0.6) is 11.5 Å². The molecular weight excluding hydrogens is 421 g/mol. The summed E-state index contributed by atoms with van der Waals surface area (Å²) in [6, 6.07) is 8.21. The quantitative estimate of drug-likeness (QED) is 0.593. The Hall–Kier alpha value is -1.70. The van der Waals surface area contributed by atoms with Gasteiger partial charge in [-0.3, -0.25) is 0 Å². The highest BCUT2D eigenvalue weighted by Gasteiger charge is 2.32. The molecule has 1 heterocycles. The fraction of sp³-hybridized carbons (Fsp3) is 0.368. The van der Waals surface area contributed by atoms with Crippen LogP contribution in [0.3, 0.4) is 0 Å². The summed E-state index contributed by atoms with van der Waals surface area (Å²) in [6.45, 7) is 1.99. The molecule has 0 atom stereocenters. The average Bonchev–Trinajstić information content (AvgIpc) is 2.63. The summed E-state index contributed by atoms with van der Waals surface area (Å²) >= 11 is 5.68. The highest BCUT2D eigenvalue weighted by molar-refractivity contribution is 6.30. The molecule has 0 spiro atoms. The molecule has 0 saturated carbocycles. The van der Waals surface area contributed by atoms with E-state index in [1.165, 1.54) is 30.3 Å². The third kappa shape index (κ3) is 6.15. The zero-order valence-electron chi connectivity index (χ0n) is 14.7. The van der Waals surface area contributed by atoms with Crippen molar-refractivity contribution in [2.75, 3.05) is 19.7 Å². The van der Waals surface area contributed by atoms with Crippen molar-refractivity contribution in [2.24, 2.45) is 5.92 Å². The second-order valence-electron chi connectivity index (χ2n) is 6.34. The van der Waals surface area contributed by atoms with Crippen LogP contribution in [0.25, 0.3) is 11.1 Å². The van der Waals surface area contributed by atoms with Gasteiger partial charge in [-0.15, -0.1) is 25.6 Å². The van der Waals surface area contributed by atoms with Gasteiger partial charge in [-0.05, 0) is 67.2 Å². The number of piperidine rings is 1. The van der Waals surface area contributed by atoms with Crippen LogP contribution >= 0.6 is 24.0 Å². The fourth-order valence-corrected chi connectivity index (χ4v) is 3.06. The average molecular weight is 440 g/mol. The molecule has 154 valence electrons. The Morgan fingerprint density at radius 2 is 1.64 bits per heavy atom. The number of nitrogens with one attached hydrogen (secondary N) is 1. The van der Waals surface area contributed by atoms with E-state index in [1.807, 2.05) is 0 Å². The normalized spacial score (nSPS) is 15.0. The molecule has 1 aliphatic rings. The van der Waals surface area contributed by atoms with Crippen molar-refractivity contribution in [1.82, 2.24) is 5.32 Å². The molecule has 0 unspecified atom stereocenters. The third-order valence-corrected chi connectivity index (χ3v) is 4.66. The summed E-state index contributed by atoms with van der Waals surface area (Å²) in [6.07, 6.45) is -3.06. The van der Waals surface area contributed by atoms with Crippen molar-refractivity contribution in [3.05, 3.63) is 47.2 Å². The second kappa shape index (κ2) is 9.67. The largest absolute Gasteiger partial charge is 0.573 e. The smallest absolute Gasteiger partial charge is 0.489 e. The highest BCUT2D eigenvalue weighted by atomic mass is 35.5. The molecule has 0 radical (unpaired) electrons. The predicted octanol–water partition coefficient (Wildman–Crippen LogP) is 5.84. The molecule has 9 heteroatoms. The van der Waals surface area contributed by atoms with Crippen LogP contribution in [0.2, 0.25) is 5.02 Å². The fourth-order valence-electron chi connectivity index (χ4n) is 2.94. The first-order chi connectivity index (χ1) is 12.8. The van der Waals surface area contributed by atoms with Gasteiger partial charge < -0.3 is 14.8 Å². The molecule has 1 saturated heterocycles. The van der Waals surface area contributed by atoms with Crippen molar-refractivity contribution < 1.29 is 27.0 Å². The lowest BCUT2D eigenvalue weighted by Crippen LogP contribution is -2.30. The van der Waals surface area contributed by atoms with E-state index in [2.05, 4.69) is 10.1 Å². The van der Waals surface area contributed by atoms with E-state index in [1.54, 1.807) is 6.07 Å². The van der Waals surface area contributed by atoms with Crippen LogP contribution < -0.4 is 14.8 Å². The minimum Gasteiger partial charge on any atom is -0.489 e. The van der Waals surface area contributed by atoms with E-state index >= 15 is 0 Å². The Labute approximate surface area is 171 Å². The van der Waals surface area contributed by atoms with E-state index in [0.717, 1.165) is 25.9 Å². The van der Waals surface area contributed by atoms with Crippen molar-refractivity contribution in [3.8, 4) is 22.6 Å². The molecule has 1 N–H and O–H groups in total. The Bertz CT molecular complexity index is 796. The van der Waals surface area contributed by atoms with Gasteiger partial charge in [0.2, 0.25) is 0 Å². The van der Waals surface area contributed by atoms with Crippen LogP contribution in [-0.2, 0) is 0 Å². The van der Waals surface area contributed by atoms with Crippen molar-refractivity contribution in [3.63, 3.8) is 0 Å². The van der Waals surface area contributed by atoms with E-state index < -0.39 is 17.9 Å². The van der Waals surface area contributed by atoms with E-state index in [9.17, 15) is 17.6 Å². The van der Waals surface area contributed by atoms with Crippen molar-refractivity contribution in [1.29, 1.82) is 0 Å². The minimum atomic E-state index is -4.83. The van der Waals surface area contributed by atoms with Crippen LogP contribution in [-0.4, -0.2) is 26.1 Å². The number of halogens is 6. The summed E-state index contributed by atoms with van der Waals surface area (Å²) in [5.74, 6) is -0.808. The molecule has 0 amide bonds. The lowest BCUT2D eigenvalue weighted by molar-refractivity contribution is -0.275. The molecular formula is C19H19Cl2F4NO2. The minimum absolute atomic E-state index is 0. The zero-order valence-corrected chi connectivity index (χ0v) is 16.3. The molecule has 2 aromatic rings. The predicted molar refractivity (Wildman–Crippen MR) is 102 cm³/mol. The van der Waals surface area contributed by atoms with Crippen LogP contribution in [0.4, 0.5) is 17.6 Å². The van der Waals surface area contributed by atoms with Crippen LogP contribution in [0.15, 0.2) is 36.4 Å². The maximum absolute atomic E-state index is 13.7. The van der Waals surface area contributed by atoms with Gasteiger partial charge in [-0.2, -0.15) is 0 Å². The SMILES string of the molecule is Cl.Fc1cc(-c2ccc(OC(F)(F)F)c(OCC3CCNCC3)c2)ccc1Cl. The Morgan fingerprint density at radius 1 is 1.00 bits per heavy atom. The number of rotatable bonds is 5. The number of benzene rings is 2. The van der Waals surface area contributed by atoms with Gasteiger partial charge in [0.1, 0.15) is 5.82 Å². The van der Waals surface area contributed by atoms with E-state index in [4.69, 9.17) is 16.3 Å². The van der Waals surface area contributed by atoms with Crippen LogP contribution in [0, 0.1) is 11.7 Å². The maximum Gasteiger partial charge on any atom is 0.573 e. The second-order valence-corrected chi connectivity index (χ2v) is 6.75. The standard InChI is InChI=1S/C19H18ClF4NO2.ClH/c20-15-3-1-13(9-16(15)21)14-2-4-17(27-19(22,23)24)18(10-14)26-11-12-5-7-25-8-6-12;/h1-4,9-10,12,25H,5-8,11H2;1H. The summed E-state index contributed by atoms with van der Waals surface area (Å²) in [4.78, 5) is 0. The number of hydrogen-bond donors (Lipinski definition) is 1. The summed E-state index contributed by atoms with van der Waals surface area (Å²) in [5, 5.41) is 3.19. The lowest BCUT2D eigenvalue weighted by atomic mass is 9.99. The molecule has 0 bridgehead atoms. The zero-order chi connectivity index (χ0) is 19.4. The summed E-state index contributed by atoms with van der Waals surface area (Å²) in [5.41, 5.74) is 0.975. The molecule has 2 aromatic carbocycles. The topological polar surface area (TPSA) is 30.5 Å². The first-order valence-electron chi connectivity index (χ1n) is 8.50. The molecule has 28 heavy (non-hydrogen) atoms. The monoisotopic (exact) mass is 439 g/mol. The van der Waals surface area contributed by atoms with E-state index in [0.29, 0.717) is 11.1 Å². The number of alkyl halides is 3. The molecule has 1 fully saturated rings. The molecule has 3 nitrogen and oxygen atoms in total. The van der Waals surface area contributed by atoms with Crippen molar-refractivity contribution >= 4 is 24.0 Å². The molecule has 0 aliphatic carbocycles. The summed E-state index contributed by atoms with van der Waals surface area (Å²) < 4.78 is 61.5. The van der Waals surface area contributed by atoms with Gasteiger partial charge in [-0.1, -0.05) is 23.7 Å².